The second-order valence-electron chi connectivity index (χ2n) is 9.21. The first-order valence-electron chi connectivity index (χ1n) is 12.3. The summed E-state index contributed by atoms with van der Waals surface area (Å²) in [6.07, 6.45) is 4.74. The van der Waals surface area contributed by atoms with Crippen molar-refractivity contribution >= 4 is 5.97 Å². The summed E-state index contributed by atoms with van der Waals surface area (Å²) < 4.78 is 27.9. The van der Waals surface area contributed by atoms with Gasteiger partial charge in [-0.15, -0.1) is 0 Å². The van der Waals surface area contributed by atoms with Gasteiger partial charge in [0.1, 0.15) is 18.2 Å². The molecule has 3 aromatic rings. The van der Waals surface area contributed by atoms with Crippen molar-refractivity contribution in [2.24, 2.45) is 11.8 Å². The number of halogens is 1. The number of hydrogen-bond donors (Lipinski definition) is 1. The molecular formula is C28H33FN2O4. The third-order valence-electron chi connectivity index (χ3n) is 6.83. The zero-order valence-electron chi connectivity index (χ0n) is 20.4. The lowest BCUT2D eigenvalue weighted by Crippen LogP contribution is -2.23. The van der Waals surface area contributed by atoms with E-state index in [0.29, 0.717) is 36.3 Å². The number of rotatable bonds is 10. The third kappa shape index (κ3) is 5.90. The number of aliphatic carboxylic acids is 1. The lowest BCUT2D eigenvalue weighted by molar-refractivity contribution is -0.142. The van der Waals surface area contributed by atoms with Crippen LogP contribution in [0.25, 0.3) is 22.4 Å². The molecular weight excluding hydrogens is 447 g/mol. The predicted molar refractivity (Wildman–Crippen MR) is 133 cm³/mol. The van der Waals surface area contributed by atoms with E-state index in [4.69, 9.17) is 19.7 Å². The maximum Gasteiger partial charge on any atom is 0.329 e. The molecule has 1 heterocycles. The van der Waals surface area contributed by atoms with Gasteiger partial charge in [0.2, 0.25) is 0 Å². The number of hydrogen-bond acceptors (Lipinski definition) is 4. The van der Waals surface area contributed by atoms with E-state index >= 15 is 4.39 Å². The Morgan fingerprint density at radius 2 is 1.83 bits per heavy atom. The van der Waals surface area contributed by atoms with Crippen molar-refractivity contribution < 1.29 is 23.8 Å². The minimum absolute atomic E-state index is 0.244. The van der Waals surface area contributed by atoms with Crippen LogP contribution >= 0.6 is 0 Å². The lowest BCUT2D eigenvalue weighted by Gasteiger charge is -2.28. The Balaban J connectivity index is 1.63. The maximum atomic E-state index is 15.3. The molecule has 1 aliphatic carbocycles. The SMILES string of the molecule is CCc1nn(CC2CCC(COCC(=O)O)CC2)c(-c2ccc(OC)cc2F)c1-c1ccccc1. The van der Waals surface area contributed by atoms with Crippen LogP contribution in [-0.2, 0) is 22.5 Å². The fraction of sp³-hybridized carbons (Fsp3) is 0.429. The fourth-order valence-electron chi connectivity index (χ4n) is 5.03. The molecule has 0 aliphatic heterocycles. The molecule has 0 spiro atoms. The van der Waals surface area contributed by atoms with E-state index < -0.39 is 5.97 Å². The van der Waals surface area contributed by atoms with Gasteiger partial charge in [0.25, 0.3) is 0 Å². The van der Waals surface area contributed by atoms with Crippen molar-refractivity contribution in [3.63, 3.8) is 0 Å². The topological polar surface area (TPSA) is 73.6 Å². The number of benzene rings is 2. The van der Waals surface area contributed by atoms with Gasteiger partial charge < -0.3 is 14.6 Å². The summed E-state index contributed by atoms with van der Waals surface area (Å²) in [6, 6.07) is 15.1. The highest BCUT2D eigenvalue weighted by Crippen LogP contribution is 2.39. The van der Waals surface area contributed by atoms with E-state index in [1.807, 2.05) is 35.0 Å². The Kier molecular flexibility index (Phi) is 8.18. The molecule has 0 radical (unpaired) electrons. The van der Waals surface area contributed by atoms with Crippen LogP contribution in [0, 0.1) is 17.7 Å². The number of methoxy groups -OCH3 is 1. The summed E-state index contributed by atoms with van der Waals surface area (Å²) in [6.45, 7) is 3.03. The first kappa shape index (κ1) is 24.9. The highest BCUT2D eigenvalue weighted by molar-refractivity contribution is 5.83. The van der Waals surface area contributed by atoms with Crippen molar-refractivity contribution in [3.8, 4) is 28.1 Å². The maximum absolute atomic E-state index is 15.3. The highest BCUT2D eigenvalue weighted by atomic mass is 19.1. The Hall–Kier alpha value is -3.19. The zero-order chi connectivity index (χ0) is 24.8. The van der Waals surface area contributed by atoms with Gasteiger partial charge in [0.15, 0.2) is 0 Å². The van der Waals surface area contributed by atoms with E-state index in [1.165, 1.54) is 13.2 Å². The largest absolute Gasteiger partial charge is 0.497 e. The molecule has 0 saturated heterocycles. The molecule has 1 fully saturated rings. The van der Waals surface area contributed by atoms with Gasteiger partial charge in [-0.25, -0.2) is 9.18 Å². The summed E-state index contributed by atoms with van der Waals surface area (Å²) in [7, 11) is 1.53. The number of aromatic nitrogens is 2. The van der Waals surface area contributed by atoms with Gasteiger partial charge in [-0.2, -0.15) is 5.10 Å². The molecule has 1 N–H and O–H groups in total. The molecule has 0 atom stereocenters. The van der Waals surface area contributed by atoms with Crippen molar-refractivity contribution in [2.75, 3.05) is 20.3 Å². The predicted octanol–water partition coefficient (Wildman–Crippen LogP) is 5.83. The minimum Gasteiger partial charge on any atom is -0.497 e. The quantitative estimate of drug-likeness (QED) is 0.395. The molecule has 7 heteroatoms. The molecule has 35 heavy (non-hydrogen) atoms. The van der Waals surface area contributed by atoms with Gasteiger partial charge >= 0.3 is 5.97 Å². The third-order valence-corrected chi connectivity index (χ3v) is 6.83. The number of ether oxygens (including phenoxy) is 2. The smallest absolute Gasteiger partial charge is 0.329 e. The molecule has 1 aliphatic rings. The van der Waals surface area contributed by atoms with Crippen LogP contribution in [0.1, 0.15) is 38.3 Å². The minimum atomic E-state index is -0.934. The Labute approximate surface area is 205 Å². The van der Waals surface area contributed by atoms with E-state index in [9.17, 15) is 4.79 Å². The number of carboxylic acid groups (broad SMARTS) is 1. The molecule has 1 saturated carbocycles. The second kappa shape index (κ2) is 11.5. The molecule has 4 rings (SSSR count). The van der Waals surface area contributed by atoms with Gasteiger partial charge in [-0.05, 0) is 61.6 Å². The van der Waals surface area contributed by atoms with E-state index in [2.05, 4.69) is 6.92 Å². The van der Waals surface area contributed by atoms with Crippen LogP contribution in [-0.4, -0.2) is 41.2 Å². The molecule has 0 bridgehead atoms. The fourth-order valence-corrected chi connectivity index (χ4v) is 5.03. The summed E-state index contributed by atoms with van der Waals surface area (Å²) >= 11 is 0. The van der Waals surface area contributed by atoms with Crippen molar-refractivity contribution in [2.45, 2.75) is 45.6 Å². The molecule has 6 nitrogen and oxygen atoms in total. The first-order valence-corrected chi connectivity index (χ1v) is 12.3. The average Bonchev–Trinajstić information content (AvgIpc) is 3.23. The van der Waals surface area contributed by atoms with Gasteiger partial charge in [-0.1, -0.05) is 37.3 Å². The summed E-state index contributed by atoms with van der Waals surface area (Å²) in [5.74, 6) is 0.0192. The van der Waals surface area contributed by atoms with Gasteiger partial charge in [-0.3, -0.25) is 4.68 Å². The monoisotopic (exact) mass is 480 g/mol. The van der Waals surface area contributed by atoms with Crippen LogP contribution in [0.15, 0.2) is 48.5 Å². The first-order chi connectivity index (χ1) is 17.0. The number of carboxylic acids is 1. The van der Waals surface area contributed by atoms with Gasteiger partial charge in [0, 0.05) is 23.7 Å². The second-order valence-corrected chi connectivity index (χ2v) is 9.21. The molecule has 0 unspecified atom stereocenters. The zero-order valence-corrected chi connectivity index (χ0v) is 20.4. The summed E-state index contributed by atoms with van der Waals surface area (Å²) in [5, 5.41) is 13.8. The summed E-state index contributed by atoms with van der Waals surface area (Å²) in [4.78, 5) is 10.7. The number of nitrogens with zero attached hydrogens (tertiary/aromatic N) is 2. The lowest BCUT2D eigenvalue weighted by atomic mass is 9.82. The van der Waals surface area contributed by atoms with E-state index in [1.54, 1.807) is 12.1 Å². The standard InChI is InChI=1S/C28H33FN2O4/c1-3-25-27(21-7-5-4-6-8-21)28(23-14-13-22(34-2)15-24(23)29)31(30-25)16-19-9-11-20(12-10-19)17-35-18-26(32)33/h4-8,13-15,19-20H,3,9-12,16-18H2,1-2H3,(H,32,33). The highest BCUT2D eigenvalue weighted by Gasteiger charge is 2.27. The molecule has 0 amide bonds. The Bertz CT molecular complexity index is 1140. The average molecular weight is 481 g/mol. The van der Waals surface area contributed by atoms with Crippen LogP contribution in [0.4, 0.5) is 4.39 Å². The van der Waals surface area contributed by atoms with Crippen molar-refractivity contribution in [3.05, 3.63) is 60.0 Å². The summed E-state index contributed by atoms with van der Waals surface area (Å²) in [5.41, 5.74) is 4.29. The van der Waals surface area contributed by atoms with Crippen molar-refractivity contribution in [1.82, 2.24) is 9.78 Å². The van der Waals surface area contributed by atoms with Crippen LogP contribution in [0.2, 0.25) is 0 Å². The van der Waals surface area contributed by atoms with Gasteiger partial charge in [0.05, 0.1) is 25.1 Å². The van der Waals surface area contributed by atoms with E-state index in [-0.39, 0.29) is 12.4 Å². The van der Waals surface area contributed by atoms with Crippen molar-refractivity contribution in [1.29, 1.82) is 0 Å². The van der Waals surface area contributed by atoms with Crippen LogP contribution < -0.4 is 4.74 Å². The normalized spacial score (nSPS) is 17.9. The Morgan fingerprint density at radius 1 is 1.11 bits per heavy atom. The van der Waals surface area contributed by atoms with Crippen LogP contribution in [0.5, 0.6) is 5.75 Å². The van der Waals surface area contributed by atoms with Crippen LogP contribution in [0.3, 0.4) is 0 Å². The molecule has 1 aromatic heterocycles. The molecule has 2 aromatic carbocycles. The number of aryl methyl sites for hydroxylation is 1. The Morgan fingerprint density at radius 3 is 2.46 bits per heavy atom. The molecule has 186 valence electrons. The number of carbonyl (C=O) groups is 1. The van der Waals surface area contributed by atoms with E-state index in [0.717, 1.165) is 54.6 Å².